The molecule has 6 heteroatoms. The summed E-state index contributed by atoms with van der Waals surface area (Å²) < 4.78 is 18.4. The highest BCUT2D eigenvalue weighted by molar-refractivity contribution is 5.71. The molecule has 1 aromatic carbocycles. The number of carboxylic acids is 1. The van der Waals surface area contributed by atoms with E-state index in [0.717, 1.165) is 0 Å². The number of carbonyl (C=O) groups is 2. The zero-order chi connectivity index (χ0) is 13.8. The number of benzene rings is 1. The number of aliphatic carboxylic acids is 1. The van der Waals surface area contributed by atoms with E-state index in [-0.39, 0.29) is 31.4 Å². The summed E-state index contributed by atoms with van der Waals surface area (Å²) in [5, 5.41) is 8.66. The minimum Gasteiger partial charge on any atom is -0.481 e. The van der Waals surface area contributed by atoms with E-state index in [1.54, 1.807) is 18.2 Å². The maximum atomic E-state index is 13.5. The number of nitrogens with zero attached hydrogens (tertiary/aromatic N) is 1. The molecular weight excluding hydrogens is 253 g/mol. The number of hydrogen-bond donors (Lipinski definition) is 1. The summed E-state index contributed by atoms with van der Waals surface area (Å²) in [7, 11) is 0. The van der Waals surface area contributed by atoms with E-state index in [9.17, 15) is 14.0 Å². The smallest absolute Gasteiger partial charge is 0.410 e. The third-order valence-electron chi connectivity index (χ3n) is 3.06. The molecule has 1 fully saturated rings. The van der Waals surface area contributed by atoms with Crippen LogP contribution in [0.3, 0.4) is 0 Å². The summed E-state index contributed by atoms with van der Waals surface area (Å²) >= 11 is 0. The Morgan fingerprint density at radius 3 is 2.89 bits per heavy atom. The van der Waals surface area contributed by atoms with Gasteiger partial charge in [-0.25, -0.2) is 9.18 Å². The number of cyclic esters (lactones) is 1. The molecule has 102 valence electrons. The van der Waals surface area contributed by atoms with Gasteiger partial charge >= 0.3 is 12.1 Å². The average molecular weight is 267 g/mol. The Labute approximate surface area is 109 Å². The van der Waals surface area contributed by atoms with E-state index in [4.69, 9.17) is 9.84 Å². The first-order valence-corrected chi connectivity index (χ1v) is 5.96. The van der Waals surface area contributed by atoms with Gasteiger partial charge in [0.25, 0.3) is 0 Å². The van der Waals surface area contributed by atoms with Crippen LogP contribution in [0.1, 0.15) is 18.4 Å². The Morgan fingerprint density at radius 2 is 2.21 bits per heavy atom. The van der Waals surface area contributed by atoms with Crippen LogP contribution in [-0.4, -0.2) is 34.7 Å². The molecule has 0 spiro atoms. The number of hydrogen-bond acceptors (Lipinski definition) is 3. The Morgan fingerprint density at radius 1 is 1.47 bits per heavy atom. The van der Waals surface area contributed by atoms with Gasteiger partial charge in [-0.1, -0.05) is 18.2 Å². The number of halogens is 1. The van der Waals surface area contributed by atoms with Crippen molar-refractivity contribution in [1.82, 2.24) is 4.90 Å². The van der Waals surface area contributed by atoms with Gasteiger partial charge < -0.3 is 9.84 Å². The number of rotatable bonds is 5. The Hall–Kier alpha value is -2.11. The van der Waals surface area contributed by atoms with Crippen molar-refractivity contribution in [3.63, 3.8) is 0 Å². The molecule has 1 atom stereocenters. The second-order valence-corrected chi connectivity index (χ2v) is 4.38. The minimum absolute atomic E-state index is 0.0465. The summed E-state index contributed by atoms with van der Waals surface area (Å²) in [5.41, 5.74) is 0.390. The highest BCUT2D eigenvalue weighted by Crippen LogP contribution is 2.21. The molecule has 1 N–H and O–H groups in total. The van der Waals surface area contributed by atoms with Crippen molar-refractivity contribution in [2.24, 2.45) is 0 Å². The molecule has 1 heterocycles. The number of ether oxygens (including phenoxy) is 1. The largest absolute Gasteiger partial charge is 0.481 e. The fraction of sp³-hybridized carbons (Fsp3) is 0.385. The molecule has 0 radical (unpaired) electrons. The molecular formula is C13H14FNO4. The van der Waals surface area contributed by atoms with Crippen molar-refractivity contribution >= 4 is 12.1 Å². The summed E-state index contributed by atoms with van der Waals surface area (Å²) in [4.78, 5) is 23.5. The first-order valence-electron chi connectivity index (χ1n) is 5.96. The third-order valence-corrected chi connectivity index (χ3v) is 3.06. The molecule has 1 aromatic rings. The van der Waals surface area contributed by atoms with Crippen LogP contribution in [0, 0.1) is 5.82 Å². The molecule has 0 aromatic heterocycles. The van der Waals surface area contributed by atoms with Crippen molar-refractivity contribution < 1.29 is 23.8 Å². The van der Waals surface area contributed by atoms with Crippen LogP contribution in [-0.2, 0) is 16.1 Å². The minimum atomic E-state index is -0.926. The summed E-state index contributed by atoms with van der Waals surface area (Å²) in [5.74, 6) is -1.32. The van der Waals surface area contributed by atoms with Crippen molar-refractivity contribution in [2.75, 3.05) is 6.61 Å². The molecule has 1 aliphatic rings. The first kappa shape index (κ1) is 13.3. The van der Waals surface area contributed by atoms with Crippen LogP contribution in [0.25, 0.3) is 0 Å². The molecule has 1 unspecified atom stereocenters. The van der Waals surface area contributed by atoms with Gasteiger partial charge in [-0.05, 0) is 12.5 Å². The normalized spacial score (nSPS) is 18.5. The maximum Gasteiger partial charge on any atom is 0.410 e. The number of carbonyl (C=O) groups excluding carboxylic acids is 1. The maximum absolute atomic E-state index is 13.5. The van der Waals surface area contributed by atoms with E-state index in [1.165, 1.54) is 11.0 Å². The fourth-order valence-electron chi connectivity index (χ4n) is 2.02. The van der Waals surface area contributed by atoms with Gasteiger partial charge in [-0.2, -0.15) is 0 Å². The Bertz CT molecular complexity index is 491. The second kappa shape index (κ2) is 5.69. The van der Waals surface area contributed by atoms with Gasteiger partial charge in [-0.3, -0.25) is 9.69 Å². The molecule has 1 saturated heterocycles. The van der Waals surface area contributed by atoms with Crippen LogP contribution < -0.4 is 0 Å². The predicted molar refractivity (Wildman–Crippen MR) is 63.9 cm³/mol. The standard InChI is InChI=1S/C13H14FNO4/c14-11-4-2-1-3-9(11)7-15-10(5-6-12(16)17)8-19-13(15)18/h1-4,10H,5-8H2,(H,16,17). The molecule has 19 heavy (non-hydrogen) atoms. The van der Waals surface area contributed by atoms with Crippen LogP contribution in [0.5, 0.6) is 0 Å². The summed E-state index contributed by atoms with van der Waals surface area (Å²) in [6, 6.07) is 5.86. The monoisotopic (exact) mass is 267 g/mol. The Balaban J connectivity index is 2.05. The second-order valence-electron chi connectivity index (χ2n) is 4.38. The predicted octanol–water partition coefficient (Wildman–Crippen LogP) is 2.01. The van der Waals surface area contributed by atoms with Crippen LogP contribution in [0.15, 0.2) is 24.3 Å². The van der Waals surface area contributed by atoms with E-state index in [2.05, 4.69) is 0 Å². The summed E-state index contributed by atoms with van der Waals surface area (Å²) in [6.45, 7) is 0.246. The lowest BCUT2D eigenvalue weighted by atomic mass is 10.1. The molecule has 0 saturated carbocycles. The fourth-order valence-corrected chi connectivity index (χ4v) is 2.02. The molecule has 0 aliphatic carbocycles. The molecule has 2 rings (SSSR count). The zero-order valence-corrected chi connectivity index (χ0v) is 10.2. The summed E-state index contributed by atoms with van der Waals surface area (Å²) in [6.07, 6.45) is -0.274. The topological polar surface area (TPSA) is 66.8 Å². The molecule has 1 amide bonds. The van der Waals surface area contributed by atoms with Gasteiger partial charge in [0.1, 0.15) is 12.4 Å². The lowest BCUT2D eigenvalue weighted by molar-refractivity contribution is -0.137. The van der Waals surface area contributed by atoms with Crippen molar-refractivity contribution in [3.05, 3.63) is 35.6 Å². The first-order chi connectivity index (χ1) is 9.08. The molecule has 0 bridgehead atoms. The van der Waals surface area contributed by atoms with Crippen molar-refractivity contribution in [1.29, 1.82) is 0 Å². The van der Waals surface area contributed by atoms with Crippen molar-refractivity contribution in [2.45, 2.75) is 25.4 Å². The lowest BCUT2D eigenvalue weighted by Crippen LogP contribution is -2.33. The van der Waals surface area contributed by atoms with Gasteiger partial charge in [-0.15, -0.1) is 0 Å². The van der Waals surface area contributed by atoms with Gasteiger partial charge in [0.2, 0.25) is 0 Å². The SMILES string of the molecule is O=C(O)CCC1COC(=O)N1Cc1ccccc1F. The number of amides is 1. The van der Waals surface area contributed by atoms with Crippen LogP contribution in [0.2, 0.25) is 0 Å². The van der Waals surface area contributed by atoms with E-state index >= 15 is 0 Å². The molecule has 1 aliphatic heterocycles. The average Bonchev–Trinajstić information content (AvgIpc) is 2.71. The third kappa shape index (κ3) is 3.21. The Kier molecular flexibility index (Phi) is 3.99. The lowest BCUT2D eigenvalue weighted by Gasteiger charge is -2.21. The van der Waals surface area contributed by atoms with Crippen molar-refractivity contribution in [3.8, 4) is 0 Å². The van der Waals surface area contributed by atoms with Gasteiger partial charge in [0.05, 0.1) is 12.6 Å². The van der Waals surface area contributed by atoms with Crippen LogP contribution >= 0.6 is 0 Å². The zero-order valence-electron chi connectivity index (χ0n) is 10.2. The highest BCUT2D eigenvalue weighted by atomic mass is 19.1. The van der Waals surface area contributed by atoms with Gasteiger partial charge in [0, 0.05) is 12.0 Å². The number of carboxylic acid groups (broad SMARTS) is 1. The van der Waals surface area contributed by atoms with Crippen LogP contribution in [0.4, 0.5) is 9.18 Å². The van der Waals surface area contributed by atoms with E-state index < -0.39 is 12.1 Å². The molecule has 5 nitrogen and oxygen atoms in total. The van der Waals surface area contributed by atoms with Gasteiger partial charge in [0.15, 0.2) is 0 Å². The van der Waals surface area contributed by atoms with E-state index in [0.29, 0.717) is 12.0 Å². The quantitative estimate of drug-likeness (QED) is 0.886. The van der Waals surface area contributed by atoms with E-state index in [1.807, 2.05) is 0 Å². The highest BCUT2D eigenvalue weighted by Gasteiger charge is 2.33.